The minimum atomic E-state index is -0.853. The molecule has 0 aliphatic rings. The Hall–Kier alpha value is -1.95. The van der Waals surface area contributed by atoms with Gasteiger partial charge in [-0.3, -0.25) is 9.36 Å². The number of rotatable bonds is 6. The van der Waals surface area contributed by atoms with Crippen LogP contribution in [-0.4, -0.2) is 33.0 Å². The third-order valence-corrected chi connectivity index (χ3v) is 3.48. The minimum absolute atomic E-state index is 0.00647. The van der Waals surface area contributed by atoms with Crippen molar-refractivity contribution in [1.82, 2.24) is 9.55 Å². The predicted octanol–water partition coefficient (Wildman–Crippen LogP) is 2.76. The van der Waals surface area contributed by atoms with Crippen LogP contribution in [0, 0.1) is 6.92 Å². The smallest absolute Gasteiger partial charge is 0.313 e. The van der Waals surface area contributed by atoms with E-state index in [2.05, 4.69) is 4.98 Å². The first kappa shape index (κ1) is 14.5. The third kappa shape index (κ3) is 3.54. The predicted molar refractivity (Wildman–Crippen MR) is 77.8 cm³/mol. The van der Waals surface area contributed by atoms with Crippen molar-refractivity contribution in [2.24, 2.45) is 0 Å². The first-order valence-electron chi connectivity index (χ1n) is 6.24. The Morgan fingerprint density at radius 1 is 1.40 bits per heavy atom. The van der Waals surface area contributed by atoms with Crippen molar-refractivity contribution >= 4 is 17.7 Å². The molecule has 0 aliphatic heterocycles. The number of aryl methyl sites for hydroxylation is 1. The molecule has 0 fully saturated rings. The van der Waals surface area contributed by atoms with E-state index in [1.807, 2.05) is 48.9 Å². The summed E-state index contributed by atoms with van der Waals surface area (Å²) in [4.78, 5) is 15.0. The standard InChI is InChI=1S/C14H16N2O3S/c1-3-19-12-6-4-11(5-7-12)16-8-10(2)15-14(16)20-9-13(17)18/h4-8H,3,9H2,1-2H3,(H,17,18). The van der Waals surface area contributed by atoms with E-state index < -0.39 is 5.97 Å². The van der Waals surface area contributed by atoms with E-state index in [1.54, 1.807) is 0 Å². The van der Waals surface area contributed by atoms with Crippen LogP contribution < -0.4 is 4.74 Å². The van der Waals surface area contributed by atoms with Crippen molar-refractivity contribution in [2.75, 3.05) is 12.4 Å². The number of carboxylic acids is 1. The Balaban J connectivity index is 2.24. The van der Waals surface area contributed by atoms with Crippen molar-refractivity contribution in [3.8, 4) is 11.4 Å². The first-order chi connectivity index (χ1) is 9.60. The second-order valence-electron chi connectivity index (χ2n) is 4.14. The van der Waals surface area contributed by atoms with E-state index in [4.69, 9.17) is 9.84 Å². The fourth-order valence-corrected chi connectivity index (χ4v) is 2.52. The highest BCUT2D eigenvalue weighted by molar-refractivity contribution is 7.99. The second kappa shape index (κ2) is 6.47. The Morgan fingerprint density at radius 2 is 2.10 bits per heavy atom. The molecule has 0 saturated heterocycles. The van der Waals surface area contributed by atoms with Crippen molar-refractivity contribution in [3.63, 3.8) is 0 Å². The SMILES string of the molecule is CCOc1ccc(-n2cc(C)nc2SCC(=O)O)cc1. The highest BCUT2D eigenvalue weighted by Gasteiger charge is 2.10. The maximum Gasteiger partial charge on any atom is 0.313 e. The number of ether oxygens (including phenoxy) is 1. The molecule has 1 aromatic heterocycles. The van der Waals surface area contributed by atoms with Gasteiger partial charge in [0.1, 0.15) is 5.75 Å². The number of nitrogens with zero attached hydrogens (tertiary/aromatic N) is 2. The van der Waals surface area contributed by atoms with Gasteiger partial charge < -0.3 is 9.84 Å². The van der Waals surface area contributed by atoms with E-state index in [1.165, 1.54) is 11.8 Å². The summed E-state index contributed by atoms with van der Waals surface area (Å²) in [6, 6.07) is 7.63. The van der Waals surface area contributed by atoms with Gasteiger partial charge in [-0.15, -0.1) is 0 Å². The summed E-state index contributed by atoms with van der Waals surface area (Å²) in [5.41, 5.74) is 1.79. The average molecular weight is 292 g/mol. The van der Waals surface area contributed by atoms with Gasteiger partial charge in [-0.25, -0.2) is 4.98 Å². The molecule has 20 heavy (non-hydrogen) atoms. The molecule has 1 N–H and O–H groups in total. The number of carboxylic acid groups (broad SMARTS) is 1. The number of benzene rings is 1. The molecule has 2 rings (SSSR count). The summed E-state index contributed by atoms with van der Waals surface area (Å²) < 4.78 is 7.29. The third-order valence-electron chi connectivity index (χ3n) is 2.54. The summed E-state index contributed by atoms with van der Waals surface area (Å²) >= 11 is 1.21. The lowest BCUT2D eigenvalue weighted by atomic mass is 10.3. The number of imidazole rings is 1. The molecule has 6 heteroatoms. The van der Waals surface area contributed by atoms with Gasteiger partial charge in [-0.2, -0.15) is 0 Å². The van der Waals surface area contributed by atoms with E-state index in [0.717, 1.165) is 17.1 Å². The number of aromatic nitrogens is 2. The number of thioether (sulfide) groups is 1. The molecule has 106 valence electrons. The van der Waals surface area contributed by atoms with Gasteiger partial charge in [0.25, 0.3) is 0 Å². The van der Waals surface area contributed by atoms with Gasteiger partial charge in [0.05, 0.1) is 18.1 Å². The lowest BCUT2D eigenvalue weighted by Gasteiger charge is -2.08. The van der Waals surface area contributed by atoms with Crippen LogP contribution in [0.2, 0.25) is 0 Å². The normalized spacial score (nSPS) is 10.5. The van der Waals surface area contributed by atoms with Gasteiger partial charge >= 0.3 is 5.97 Å². The van der Waals surface area contributed by atoms with Crippen LogP contribution in [0.1, 0.15) is 12.6 Å². The monoisotopic (exact) mass is 292 g/mol. The maximum atomic E-state index is 10.7. The van der Waals surface area contributed by atoms with Gasteiger partial charge in [-0.1, -0.05) is 11.8 Å². The summed E-state index contributed by atoms with van der Waals surface area (Å²) in [5.74, 6) is -0.0465. The molecule has 0 radical (unpaired) electrons. The zero-order valence-electron chi connectivity index (χ0n) is 11.4. The highest BCUT2D eigenvalue weighted by atomic mass is 32.2. The highest BCUT2D eigenvalue weighted by Crippen LogP contribution is 2.23. The average Bonchev–Trinajstić information content (AvgIpc) is 2.79. The number of hydrogen-bond acceptors (Lipinski definition) is 4. The summed E-state index contributed by atoms with van der Waals surface area (Å²) in [6.45, 7) is 4.45. The van der Waals surface area contributed by atoms with E-state index in [9.17, 15) is 4.79 Å². The van der Waals surface area contributed by atoms with E-state index >= 15 is 0 Å². The van der Waals surface area contributed by atoms with Crippen LogP contribution in [-0.2, 0) is 4.79 Å². The van der Waals surface area contributed by atoms with Crippen LogP contribution >= 0.6 is 11.8 Å². The van der Waals surface area contributed by atoms with E-state index in [-0.39, 0.29) is 5.75 Å². The molecular weight excluding hydrogens is 276 g/mol. The molecule has 1 aromatic carbocycles. The largest absolute Gasteiger partial charge is 0.494 e. The zero-order valence-corrected chi connectivity index (χ0v) is 12.2. The molecule has 0 bridgehead atoms. The van der Waals surface area contributed by atoms with Crippen molar-refractivity contribution in [1.29, 1.82) is 0 Å². The molecule has 2 aromatic rings. The lowest BCUT2D eigenvalue weighted by molar-refractivity contribution is -0.133. The molecular formula is C14H16N2O3S. The van der Waals surface area contributed by atoms with Gasteiger partial charge in [0.15, 0.2) is 5.16 Å². The van der Waals surface area contributed by atoms with Crippen molar-refractivity contribution in [3.05, 3.63) is 36.2 Å². The zero-order chi connectivity index (χ0) is 14.5. The molecule has 0 saturated carbocycles. The van der Waals surface area contributed by atoms with Crippen LogP contribution in [0.15, 0.2) is 35.6 Å². The van der Waals surface area contributed by atoms with Crippen molar-refractivity contribution < 1.29 is 14.6 Å². The number of aliphatic carboxylic acids is 1. The maximum absolute atomic E-state index is 10.7. The fraction of sp³-hybridized carbons (Fsp3) is 0.286. The Kier molecular flexibility index (Phi) is 4.68. The summed E-state index contributed by atoms with van der Waals surface area (Å²) in [6.07, 6.45) is 1.89. The van der Waals surface area contributed by atoms with Crippen molar-refractivity contribution in [2.45, 2.75) is 19.0 Å². The topological polar surface area (TPSA) is 64.4 Å². The minimum Gasteiger partial charge on any atom is -0.494 e. The first-order valence-corrected chi connectivity index (χ1v) is 7.22. The Bertz CT molecular complexity index is 593. The number of hydrogen-bond donors (Lipinski definition) is 1. The van der Waals surface area contributed by atoms with Crippen LogP contribution in [0.3, 0.4) is 0 Å². The van der Waals surface area contributed by atoms with Gasteiger partial charge in [0, 0.05) is 11.9 Å². The van der Waals surface area contributed by atoms with Gasteiger partial charge in [0.2, 0.25) is 0 Å². The molecule has 0 atom stereocenters. The molecule has 0 unspecified atom stereocenters. The molecule has 0 spiro atoms. The lowest BCUT2D eigenvalue weighted by Crippen LogP contribution is -2.01. The van der Waals surface area contributed by atoms with E-state index in [0.29, 0.717) is 11.8 Å². The second-order valence-corrected chi connectivity index (χ2v) is 5.09. The van der Waals surface area contributed by atoms with Crippen LogP contribution in [0.25, 0.3) is 5.69 Å². The van der Waals surface area contributed by atoms with Crippen LogP contribution in [0.4, 0.5) is 0 Å². The quantitative estimate of drug-likeness (QED) is 0.829. The fourth-order valence-electron chi connectivity index (χ4n) is 1.76. The molecule has 0 aliphatic carbocycles. The summed E-state index contributed by atoms with van der Waals surface area (Å²) in [7, 11) is 0. The van der Waals surface area contributed by atoms with Crippen LogP contribution in [0.5, 0.6) is 5.75 Å². The van der Waals surface area contributed by atoms with Gasteiger partial charge in [-0.05, 0) is 38.1 Å². The molecule has 1 heterocycles. The molecule has 0 amide bonds. The Morgan fingerprint density at radius 3 is 2.70 bits per heavy atom. The number of carbonyl (C=O) groups is 1. The molecule has 5 nitrogen and oxygen atoms in total. The Labute approximate surface area is 121 Å². The summed E-state index contributed by atoms with van der Waals surface area (Å²) in [5, 5.41) is 9.44.